The van der Waals surface area contributed by atoms with Gasteiger partial charge in [-0.1, -0.05) is 48.0 Å². The topological polar surface area (TPSA) is 46.5 Å². The summed E-state index contributed by atoms with van der Waals surface area (Å²) < 4.78 is 28.5. The van der Waals surface area contributed by atoms with Crippen molar-refractivity contribution in [2.75, 3.05) is 6.26 Å². The van der Waals surface area contributed by atoms with Crippen molar-refractivity contribution in [1.29, 1.82) is 0 Å². The van der Waals surface area contributed by atoms with Crippen LogP contribution in [0.3, 0.4) is 0 Å². The van der Waals surface area contributed by atoms with Crippen LogP contribution in [0.1, 0.15) is 11.1 Å². The molecule has 0 saturated heterocycles. The van der Waals surface area contributed by atoms with E-state index in [1.54, 1.807) is 24.3 Å². The monoisotopic (exact) mass is 305 g/mol. The molecule has 20 heavy (non-hydrogen) atoms. The van der Waals surface area contributed by atoms with Crippen LogP contribution in [0.2, 0.25) is 0 Å². The Kier molecular flexibility index (Phi) is 4.62. The summed E-state index contributed by atoms with van der Waals surface area (Å²) in [6.45, 7) is 1.91. The first-order chi connectivity index (χ1) is 9.53. The smallest absolute Gasteiger partial charge is 0.199 e. The maximum absolute atomic E-state index is 12.3. The molecule has 0 bridgehead atoms. The lowest BCUT2D eigenvalue weighted by Crippen LogP contribution is -2.03. The minimum atomic E-state index is -3.67. The third kappa shape index (κ3) is 3.49. The SMILES string of the molecule is CS/C(=N/S(=O)(=O)c1ccc(C)cc1)c1ccccc1. The zero-order valence-electron chi connectivity index (χ0n) is 11.3. The molecule has 104 valence electrons. The van der Waals surface area contributed by atoms with Crippen LogP contribution in [-0.4, -0.2) is 19.7 Å². The first-order valence-corrected chi connectivity index (χ1v) is 8.70. The first-order valence-electron chi connectivity index (χ1n) is 6.04. The van der Waals surface area contributed by atoms with Crippen LogP contribution in [0.4, 0.5) is 0 Å². The van der Waals surface area contributed by atoms with Crippen LogP contribution in [0.25, 0.3) is 0 Å². The molecule has 0 aliphatic carbocycles. The average Bonchev–Trinajstić information content (AvgIpc) is 2.46. The molecule has 0 radical (unpaired) electrons. The molecule has 0 fully saturated rings. The molecule has 5 heteroatoms. The Hall–Kier alpha value is -1.59. The zero-order valence-corrected chi connectivity index (χ0v) is 12.9. The van der Waals surface area contributed by atoms with Gasteiger partial charge in [0.25, 0.3) is 10.0 Å². The van der Waals surface area contributed by atoms with Gasteiger partial charge in [-0.25, -0.2) is 0 Å². The third-order valence-electron chi connectivity index (χ3n) is 2.74. The fraction of sp³-hybridized carbons (Fsp3) is 0.133. The number of hydrogen-bond acceptors (Lipinski definition) is 3. The maximum Gasteiger partial charge on any atom is 0.283 e. The molecule has 0 saturated carbocycles. The molecule has 2 aromatic rings. The molecular formula is C15H15NO2S2. The largest absolute Gasteiger partial charge is 0.283 e. The van der Waals surface area contributed by atoms with Crippen LogP contribution >= 0.6 is 11.8 Å². The van der Waals surface area contributed by atoms with Gasteiger partial charge in [0.15, 0.2) is 0 Å². The van der Waals surface area contributed by atoms with E-state index in [1.165, 1.54) is 11.8 Å². The minimum Gasteiger partial charge on any atom is -0.199 e. The Bertz CT molecular complexity index is 705. The zero-order chi connectivity index (χ0) is 14.6. The van der Waals surface area contributed by atoms with Gasteiger partial charge in [0.05, 0.1) is 4.90 Å². The van der Waals surface area contributed by atoms with Gasteiger partial charge in [0.2, 0.25) is 0 Å². The Morgan fingerprint density at radius 2 is 1.60 bits per heavy atom. The molecule has 2 rings (SSSR count). The Morgan fingerprint density at radius 1 is 1.00 bits per heavy atom. The molecule has 3 nitrogen and oxygen atoms in total. The van der Waals surface area contributed by atoms with Crippen molar-refractivity contribution in [3.05, 3.63) is 65.7 Å². The minimum absolute atomic E-state index is 0.214. The summed E-state index contributed by atoms with van der Waals surface area (Å²) in [7, 11) is -3.67. The van der Waals surface area contributed by atoms with Gasteiger partial charge in [-0.3, -0.25) is 0 Å². The predicted molar refractivity (Wildman–Crippen MR) is 84.9 cm³/mol. The Balaban J connectivity index is 2.43. The number of sulfonamides is 1. The summed E-state index contributed by atoms with van der Waals surface area (Å²) >= 11 is 1.32. The second-order valence-corrected chi connectivity index (χ2v) is 6.65. The molecule has 2 aromatic carbocycles. The Labute approximate surface area is 123 Å². The molecular weight excluding hydrogens is 290 g/mol. The molecule has 0 aliphatic rings. The highest BCUT2D eigenvalue weighted by molar-refractivity contribution is 8.14. The lowest BCUT2D eigenvalue weighted by atomic mass is 10.2. The van der Waals surface area contributed by atoms with Gasteiger partial charge in [0, 0.05) is 5.56 Å². The highest BCUT2D eigenvalue weighted by Crippen LogP contribution is 2.18. The average molecular weight is 305 g/mol. The van der Waals surface area contributed by atoms with E-state index in [9.17, 15) is 8.42 Å². The van der Waals surface area contributed by atoms with Crippen LogP contribution < -0.4 is 0 Å². The maximum atomic E-state index is 12.3. The highest BCUT2D eigenvalue weighted by atomic mass is 32.2. The second-order valence-electron chi connectivity index (χ2n) is 4.25. The van der Waals surface area contributed by atoms with Crippen LogP contribution in [0, 0.1) is 6.92 Å². The lowest BCUT2D eigenvalue weighted by Gasteiger charge is -2.04. The van der Waals surface area contributed by atoms with Crippen LogP contribution in [0.15, 0.2) is 63.9 Å². The summed E-state index contributed by atoms with van der Waals surface area (Å²) in [5.74, 6) is 0. The van der Waals surface area contributed by atoms with Crippen LogP contribution in [0.5, 0.6) is 0 Å². The van der Waals surface area contributed by atoms with Crippen molar-refractivity contribution in [3.63, 3.8) is 0 Å². The van der Waals surface area contributed by atoms with Gasteiger partial charge in [-0.2, -0.15) is 12.8 Å². The quantitative estimate of drug-likeness (QED) is 0.644. The van der Waals surface area contributed by atoms with Gasteiger partial charge >= 0.3 is 0 Å². The van der Waals surface area contributed by atoms with Gasteiger partial charge in [-0.15, -0.1) is 11.8 Å². The van der Waals surface area contributed by atoms with E-state index in [2.05, 4.69) is 4.40 Å². The molecule has 0 N–H and O–H groups in total. The predicted octanol–water partition coefficient (Wildman–Crippen LogP) is 3.49. The fourth-order valence-electron chi connectivity index (χ4n) is 1.66. The normalized spacial score (nSPS) is 12.4. The number of aryl methyl sites for hydroxylation is 1. The summed E-state index contributed by atoms with van der Waals surface area (Å²) in [4.78, 5) is 0.214. The van der Waals surface area contributed by atoms with Crippen molar-refractivity contribution in [2.45, 2.75) is 11.8 Å². The number of hydrogen-bond donors (Lipinski definition) is 0. The van der Waals surface area contributed by atoms with E-state index in [0.29, 0.717) is 5.04 Å². The fourth-order valence-corrected chi connectivity index (χ4v) is 3.53. The van der Waals surface area contributed by atoms with Crippen LogP contribution in [-0.2, 0) is 10.0 Å². The lowest BCUT2D eigenvalue weighted by molar-refractivity contribution is 0.598. The highest BCUT2D eigenvalue weighted by Gasteiger charge is 2.14. The summed E-state index contributed by atoms with van der Waals surface area (Å²) in [6, 6.07) is 16.0. The van der Waals surface area contributed by atoms with E-state index in [-0.39, 0.29) is 4.90 Å². The molecule has 0 unspecified atom stereocenters. The molecule has 0 spiro atoms. The Morgan fingerprint density at radius 3 is 2.15 bits per heavy atom. The van der Waals surface area contributed by atoms with Gasteiger partial charge in [0.1, 0.15) is 5.04 Å². The molecule has 0 aromatic heterocycles. The molecule has 0 aliphatic heterocycles. The molecule has 0 amide bonds. The van der Waals surface area contributed by atoms with Crippen molar-refractivity contribution in [1.82, 2.24) is 0 Å². The standard InChI is InChI=1S/C15H15NO2S2/c1-12-8-10-14(11-9-12)20(17,18)16-15(19-2)13-6-4-3-5-7-13/h3-11H,1-2H3/b16-15+. The number of thioether (sulfide) groups is 1. The van der Waals surface area contributed by atoms with Crippen molar-refractivity contribution >= 4 is 26.8 Å². The van der Waals surface area contributed by atoms with Gasteiger partial charge < -0.3 is 0 Å². The second kappa shape index (κ2) is 6.24. The summed E-state index contributed by atoms with van der Waals surface area (Å²) in [6.07, 6.45) is 1.82. The van der Waals surface area contributed by atoms with E-state index in [0.717, 1.165) is 11.1 Å². The molecule has 0 atom stereocenters. The molecule has 0 heterocycles. The van der Waals surface area contributed by atoms with E-state index >= 15 is 0 Å². The van der Waals surface area contributed by atoms with E-state index in [4.69, 9.17) is 0 Å². The number of rotatable bonds is 3. The van der Waals surface area contributed by atoms with Gasteiger partial charge in [-0.05, 0) is 25.3 Å². The van der Waals surface area contributed by atoms with E-state index < -0.39 is 10.0 Å². The summed E-state index contributed by atoms with van der Waals surface area (Å²) in [5.41, 5.74) is 1.82. The summed E-state index contributed by atoms with van der Waals surface area (Å²) in [5, 5.41) is 0.492. The van der Waals surface area contributed by atoms with Crippen molar-refractivity contribution in [2.24, 2.45) is 4.40 Å². The number of benzene rings is 2. The van der Waals surface area contributed by atoms with Crippen molar-refractivity contribution < 1.29 is 8.42 Å². The third-order valence-corrected chi connectivity index (χ3v) is 4.86. The van der Waals surface area contributed by atoms with Crippen molar-refractivity contribution in [3.8, 4) is 0 Å². The first kappa shape index (κ1) is 14.8. The van der Waals surface area contributed by atoms with E-state index in [1.807, 2.05) is 43.5 Å². The number of nitrogens with zero attached hydrogens (tertiary/aromatic N) is 1.